The Labute approximate surface area is 93.0 Å². The van der Waals surface area contributed by atoms with Crippen molar-refractivity contribution in [1.82, 2.24) is 0 Å². The number of hydrogen-bond donors (Lipinski definition) is 0. The second-order valence-electron chi connectivity index (χ2n) is 2.49. The van der Waals surface area contributed by atoms with Gasteiger partial charge in [-0.3, -0.25) is 4.79 Å². The van der Waals surface area contributed by atoms with Gasteiger partial charge in [-0.1, -0.05) is 0 Å². The van der Waals surface area contributed by atoms with Crippen molar-refractivity contribution >= 4 is 5.97 Å². The first-order valence-corrected chi connectivity index (χ1v) is 4.06. The Bertz CT molecular complexity index is 394. The zero-order valence-corrected chi connectivity index (χ0v) is 8.81. The van der Waals surface area contributed by atoms with Gasteiger partial charge in [0.15, 0.2) is 0 Å². The van der Waals surface area contributed by atoms with Gasteiger partial charge in [-0.05, 0) is 13.2 Å². The summed E-state index contributed by atoms with van der Waals surface area (Å²) in [7, 11) is 2.33. The summed E-state index contributed by atoms with van der Waals surface area (Å²) in [6.07, 6.45) is 0.619. The number of carbonyl (C=O) groups excluding carboxylic acids is 1. The second kappa shape index (κ2) is 6.91. The van der Waals surface area contributed by atoms with Crippen LogP contribution in [0.1, 0.15) is 6.42 Å². The van der Waals surface area contributed by atoms with E-state index in [1.165, 1.54) is 7.11 Å². The van der Waals surface area contributed by atoms with Crippen molar-refractivity contribution in [2.45, 2.75) is 6.42 Å². The summed E-state index contributed by atoms with van der Waals surface area (Å²) in [5, 5.41) is 11.0. The lowest BCUT2D eigenvalue weighted by atomic mass is 10.2. The van der Waals surface area contributed by atoms with Gasteiger partial charge in [-0.2, -0.15) is 9.69 Å². The van der Waals surface area contributed by atoms with Crippen molar-refractivity contribution in [2.24, 2.45) is 0 Å². The number of hydrogen-bond acceptors (Lipinski definition) is 4. The van der Waals surface area contributed by atoms with Crippen LogP contribution in [0.25, 0.3) is 9.69 Å². The van der Waals surface area contributed by atoms with Crippen LogP contribution in [0.2, 0.25) is 0 Å². The molecule has 0 aromatic rings. The maximum absolute atomic E-state index is 11.0. The summed E-state index contributed by atoms with van der Waals surface area (Å²) < 4.78 is 8.73. The van der Waals surface area contributed by atoms with Crippen LogP contribution in [0.4, 0.5) is 0 Å². The predicted octanol–water partition coefficient (Wildman–Crippen LogP) is 0.448. The molecule has 0 aromatic heterocycles. The molecule has 0 rings (SSSR count). The first kappa shape index (κ1) is 13.5. The van der Waals surface area contributed by atoms with E-state index in [4.69, 9.17) is 13.1 Å². The third-order valence-corrected chi connectivity index (χ3v) is 1.55. The largest absolute Gasteiger partial charge is 0.617 e. The highest BCUT2D eigenvalue weighted by molar-refractivity contribution is 5.73. The van der Waals surface area contributed by atoms with E-state index in [2.05, 4.69) is 19.2 Å². The van der Waals surface area contributed by atoms with E-state index in [0.717, 1.165) is 13.2 Å². The van der Waals surface area contributed by atoms with E-state index in [-0.39, 0.29) is 17.8 Å². The third-order valence-electron chi connectivity index (χ3n) is 1.55. The summed E-state index contributed by atoms with van der Waals surface area (Å²) >= 11 is 0. The maximum atomic E-state index is 11.0. The third kappa shape index (κ3) is 4.16. The highest BCUT2D eigenvalue weighted by Gasteiger charge is 2.16. The lowest BCUT2D eigenvalue weighted by Crippen LogP contribution is -2.08. The van der Waals surface area contributed by atoms with Gasteiger partial charge in [0.25, 0.3) is 0 Å². The van der Waals surface area contributed by atoms with Gasteiger partial charge in [-0.25, -0.2) is 0 Å². The van der Waals surface area contributed by atoms with Crippen LogP contribution < -0.4 is 5.11 Å². The van der Waals surface area contributed by atoms with Gasteiger partial charge < -0.3 is 14.6 Å². The molecule has 6 heteroatoms. The Hall–Kier alpha value is -2.47. The van der Waals surface area contributed by atoms with E-state index in [1.807, 2.05) is 0 Å². The molecule has 0 N–H and O–H groups in total. The van der Waals surface area contributed by atoms with E-state index in [9.17, 15) is 9.90 Å². The molecule has 0 bridgehead atoms. The average Bonchev–Trinajstić information content (AvgIpc) is 2.29. The standard InChI is InChI=1S/C10H10N2O4/c1-11-10(12-2)7(5-8(13)15-3)6-9(14)16-4/h5,13H,6H2,3-4H3/p-1/b8-5-. The molecule has 0 unspecified atom stereocenters. The SMILES string of the molecule is [C-]#[N+]C([N+]#[C-])=C(/C=C(/[O-])OC)CC(=O)OC. The Kier molecular flexibility index (Phi) is 5.84. The molecule has 84 valence electrons. The van der Waals surface area contributed by atoms with Gasteiger partial charge in [0.1, 0.15) is 13.1 Å². The minimum atomic E-state index is -0.733. The number of rotatable bonds is 4. The van der Waals surface area contributed by atoms with E-state index in [1.54, 1.807) is 0 Å². The van der Waals surface area contributed by atoms with Gasteiger partial charge in [0.05, 0.1) is 25.0 Å². The summed E-state index contributed by atoms with van der Waals surface area (Å²) in [5.41, 5.74) is -0.0105. The number of allylic oxidation sites excluding steroid dienone is 1. The minimum Gasteiger partial charge on any atom is -0.617 e. The average molecular weight is 221 g/mol. The normalized spacial score (nSPS) is 9.62. The van der Waals surface area contributed by atoms with Crippen molar-refractivity contribution in [1.29, 1.82) is 0 Å². The van der Waals surface area contributed by atoms with Crippen LogP contribution >= 0.6 is 0 Å². The lowest BCUT2D eigenvalue weighted by molar-refractivity contribution is -0.353. The summed E-state index contributed by atoms with van der Waals surface area (Å²) in [6.45, 7) is 13.4. The van der Waals surface area contributed by atoms with Crippen LogP contribution in [0.5, 0.6) is 0 Å². The number of methoxy groups -OCH3 is 2. The predicted molar refractivity (Wildman–Crippen MR) is 52.0 cm³/mol. The molecule has 0 heterocycles. The molecule has 0 radical (unpaired) electrons. The Morgan fingerprint density at radius 1 is 1.31 bits per heavy atom. The Morgan fingerprint density at radius 3 is 2.25 bits per heavy atom. The van der Waals surface area contributed by atoms with Gasteiger partial charge >= 0.3 is 11.8 Å². The molecule has 0 fully saturated rings. The second-order valence-corrected chi connectivity index (χ2v) is 2.49. The fourth-order valence-electron chi connectivity index (χ4n) is 0.792. The topological polar surface area (TPSA) is 67.3 Å². The number of esters is 1. The number of carbonyl (C=O) groups is 1. The van der Waals surface area contributed by atoms with E-state index in [0.29, 0.717) is 0 Å². The zero-order valence-electron chi connectivity index (χ0n) is 8.81. The van der Waals surface area contributed by atoms with Crippen LogP contribution in [-0.4, -0.2) is 20.2 Å². The highest BCUT2D eigenvalue weighted by atomic mass is 16.6. The first-order valence-electron chi connectivity index (χ1n) is 4.06. The van der Waals surface area contributed by atoms with Crippen molar-refractivity contribution < 1.29 is 19.4 Å². The number of ether oxygens (including phenoxy) is 2. The van der Waals surface area contributed by atoms with Crippen molar-refractivity contribution in [3.63, 3.8) is 0 Å². The van der Waals surface area contributed by atoms with Gasteiger partial charge in [0, 0.05) is 0 Å². The summed E-state index contributed by atoms with van der Waals surface area (Å²) in [5.74, 6) is -1.72. The molecule has 0 aliphatic carbocycles. The smallest absolute Gasteiger partial charge is 0.523 e. The molecular formula is C10H9N2O4-. The quantitative estimate of drug-likeness (QED) is 0.299. The van der Waals surface area contributed by atoms with Crippen molar-refractivity contribution in [3.05, 3.63) is 46.2 Å². The molecule has 16 heavy (non-hydrogen) atoms. The van der Waals surface area contributed by atoms with Crippen LogP contribution in [0.3, 0.4) is 0 Å². The van der Waals surface area contributed by atoms with Gasteiger partial charge in [0.2, 0.25) is 0 Å². The molecule has 6 nitrogen and oxygen atoms in total. The fourth-order valence-corrected chi connectivity index (χ4v) is 0.792. The molecule has 0 amide bonds. The summed E-state index contributed by atoms with van der Waals surface area (Å²) in [6, 6.07) is 0. The minimum absolute atomic E-state index is 0.0105. The first-order chi connectivity index (χ1) is 7.58. The van der Waals surface area contributed by atoms with Gasteiger partial charge in [-0.15, -0.1) is 0 Å². The number of nitrogens with zero attached hydrogens (tertiary/aromatic N) is 2. The van der Waals surface area contributed by atoms with E-state index >= 15 is 0 Å². The van der Waals surface area contributed by atoms with Crippen LogP contribution in [0.15, 0.2) is 23.4 Å². The Morgan fingerprint density at radius 2 is 1.88 bits per heavy atom. The van der Waals surface area contributed by atoms with Crippen molar-refractivity contribution in [3.8, 4) is 0 Å². The fraction of sp³-hybridized carbons (Fsp3) is 0.300. The highest BCUT2D eigenvalue weighted by Crippen LogP contribution is 2.15. The molecule has 0 saturated carbocycles. The van der Waals surface area contributed by atoms with Crippen LogP contribution in [-0.2, 0) is 14.3 Å². The van der Waals surface area contributed by atoms with Crippen LogP contribution in [0, 0.1) is 13.1 Å². The molecule has 0 aromatic carbocycles. The molecule has 0 aliphatic heterocycles. The van der Waals surface area contributed by atoms with Crippen molar-refractivity contribution in [2.75, 3.05) is 14.2 Å². The molecular weight excluding hydrogens is 212 g/mol. The molecule has 0 atom stereocenters. The molecule has 0 spiro atoms. The lowest BCUT2D eigenvalue weighted by Gasteiger charge is -2.08. The zero-order chi connectivity index (χ0) is 12.6. The Balaban J connectivity index is 5.25. The molecule has 0 aliphatic rings. The van der Waals surface area contributed by atoms with E-state index < -0.39 is 11.9 Å². The maximum Gasteiger partial charge on any atom is 0.523 e. The monoisotopic (exact) mass is 221 g/mol. The molecule has 0 saturated heterocycles. The summed E-state index contributed by atoms with van der Waals surface area (Å²) in [4.78, 5) is 16.8.